The highest BCUT2D eigenvalue weighted by Crippen LogP contribution is 2.25. The Hall–Kier alpha value is -2.12. The van der Waals surface area contributed by atoms with Gasteiger partial charge in [0.1, 0.15) is 0 Å². The smallest absolute Gasteiger partial charge is 0.238 e. The first-order chi connectivity index (χ1) is 12.7. The fourth-order valence-electron chi connectivity index (χ4n) is 3.71. The van der Waals surface area contributed by atoms with Crippen LogP contribution in [0.15, 0.2) is 24.3 Å². The van der Waals surface area contributed by atoms with Gasteiger partial charge in [-0.3, -0.25) is 9.59 Å². The van der Waals surface area contributed by atoms with Crippen LogP contribution in [0, 0.1) is 5.92 Å². The molecule has 7 heteroatoms. The molecule has 3 N–H and O–H groups in total. The van der Waals surface area contributed by atoms with Gasteiger partial charge in [0, 0.05) is 37.6 Å². The van der Waals surface area contributed by atoms with Crippen LogP contribution < -0.4 is 20.9 Å². The number of hydrogen-bond acceptors (Lipinski definition) is 5. The van der Waals surface area contributed by atoms with E-state index in [0.717, 1.165) is 56.9 Å². The average molecular weight is 360 g/mol. The zero-order chi connectivity index (χ0) is 18.4. The lowest BCUT2D eigenvalue weighted by atomic mass is 10.0. The predicted octanol–water partition coefficient (Wildman–Crippen LogP) is 0.966. The van der Waals surface area contributed by atoms with Crippen LogP contribution in [0.3, 0.4) is 0 Å². The minimum atomic E-state index is -0.0910. The largest absolute Gasteiger partial charge is 0.378 e. The van der Waals surface area contributed by atoms with E-state index in [1.807, 2.05) is 24.3 Å². The second-order valence-electron chi connectivity index (χ2n) is 6.83. The Morgan fingerprint density at radius 2 is 1.88 bits per heavy atom. The van der Waals surface area contributed by atoms with Crippen LogP contribution in [0.2, 0.25) is 0 Å². The highest BCUT2D eigenvalue weighted by atomic mass is 16.5. The minimum absolute atomic E-state index is 0.0411. The van der Waals surface area contributed by atoms with Gasteiger partial charge >= 0.3 is 0 Å². The van der Waals surface area contributed by atoms with E-state index in [0.29, 0.717) is 0 Å². The van der Waals surface area contributed by atoms with Gasteiger partial charge in [0.05, 0.1) is 25.7 Å². The van der Waals surface area contributed by atoms with E-state index < -0.39 is 0 Å². The molecule has 2 fully saturated rings. The predicted molar refractivity (Wildman–Crippen MR) is 101 cm³/mol. The maximum atomic E-state index is 12.2. The standard InChI is InChI=1S/C19H28N4O3/c1-20-19(25)16-3-2-4-17(16)21-13-18(24)22-14-5-7-15(8-6-14)23-9-11-26-12-10-23/h5-8,16-17,21H,2-4,9-13H2,1H3,(H,20,25)(H,22,24)/t16-,17+/m0/s1. The van der Waals surface area contributed by atoms with Gasteiger partial charge in [0.25, 0.3) is 0 Å². The van der Waals surface area contributed by atoms with E-state index in [2.05, 4.69) is 20.9 Å². The zero-order valence-electron chi connectivity index (χ0n) is 15.3. The lowest BCUT2D eigenvalue weighted by molar-refractivity contribution is -0.125. The number of benzene rings is 1. The molecular formula is C19H28N4O3. The molecule has 0 aromatic heterocycles. The molecule has 7 nitrogen and oxygen atoms in total. The lowest BCUT2D eigenvalue weighted by Crippen LogP contribution is -2.43. The number of ether oxygens (including phenoxy) is 1. The number of morpholine rings is 1. The Balaban J connectivity index is 1.46. The Morgan fingerprint density at radius 1 is 1.15 bits per heavy atom. The van der Waals surface area contributed by atoms with Gasteiger partial charge in [-0.25, -0.2) is 0 Å². The first kappa shape index (κ1) is 18.7. The van der Waals surface area contributed by atoms with Crippen molar-refractivity contribution in [2.45, 2.75) is 25.3 Å². The van der Waals surface area contributed by atoms with Crippen LogP contribution in [0.25, 0.3) is 0 Å². The summed E-state index contributed by atoms with van der Waals surface area (Å²) in [5, 5.41) is 8.85. The van der Waals surface area contributed by atoms with Crippen molar-refractivity contribution in [2.24, 2.45) is 5.92 Å². The maximum absolute atomic E-state index is 12.2. The third kappa shape index (κ3) is 4.74. The number of rotatable bonds is 6. The zero-order valence-corrected chi connectivity index (χ0v) is 15.3. The SMILES string of the molecule is CNC(=O)[C@H]1CCC[C@H]1NCC(=O)Nc1ccc(N2CCOCC2)cc1. The van der Waals surface area contributed by atoms with Crippen molar-refractivity contribution in [2.75, 3.05) is 50.1 Å². The molecular weight excluding hydrogens is 332 g/mol. The van der Waals surface area contributed by atoms with Gasteiger partial charge in [-0.1, -0.05) is 6.42 Å². The van der Waals surface area contributed by atoms with E-state index in [4.69, 9.17) is 4.74 Å². The molecule has 3 rings (SSSR count). The Bertz CT molecular complexity index is 614. The molecule has 1 saturated heterocycles. The topological polar surface area (TPSA) is 82.7 Å². The fourth-order valence-corrected chi connectivity index (χ4v) is 3.71. The molecule has 1 saturated carbocycles. The summed E-state index contributed by atoms with van der Waals surface area (Å²) in [5.74, 6) is -0.0774. The van der Waals surface area contributed by atoms with Crippen LogP contribution in [-0.2, 0) is 14.3 Å². The molecule has 2 atom stereocenters. The summed E-state index contributed by atoms with van der Waals surface area (Å²) < 4.78 is 5.37. The molecule has 1 aromatic carbocycles. The average Bonchev–Trinajstić information content (AvgIpc) is 3.16. The van der Waals surface area contributed by atoms with E-state index >= 15 is 0 Å². The van der Waals surface area contributed by atoms with Crippen molar-refractivity contribution in [3.05, 3.63) is 24.3 Å². The van der Waals surface area contributed by atoms with Gasteiger partial charge in [0.15, 0.2) is 0 Å². The second kappa shape index (κ2) is 9.00. The summed E-state index contributed by atoms with van der Waals surface area (Å²) in [4.78, 5) is 26.3. The number of carbonyl (C=O) groups is 2. The molecule has 0 radical (unpaired) electrons. The number of amides is 2. The Morgan fingerprint density at radius 3 is 2.58 bits per heavy atom. The fraction of sp³-hybridized carbons (Fsp3) is 0.579. The van der Waals surface area contributed by atoms with Gasteiger partial charge in [-0.15, -0.1) is 0 Å². The van der Waals surface area contributed by atoms with Gasteiger partial charge in [0.2, 0.25) is 11.8 Å². The van der Waals surface area contributed by atoms with Crippen molar-refractivity contribution in [1.82, 2.24) is 10.6 Å². The molecule has 0 bridgehead atoms. The van der Waals surface area contributed by atoms with Crippen LogP contribution in [0.4, 0.5) is 11.4 Å². The molecule has 1 aliphatic carbocycles. The summed E-state index contributed by atoms with van der Waals surface area (Å²) in [6.07, 6.45) is 2.82. The first-order valence-electron chi connectivity index (χ1n) is 9.35. The summed E-state index contributed by atoms with van der Waals surface area (Å²) in [5.41, 5.74) is 1.92. The van der Waals surface area contributed by atoms with Gasteiger partial charge in [-0.2, -0.15) is 0 Å². The molecule has 1 aromatic rings. The number of nitrogens with zero attached hydrogens (tertiary/aromatic N) is 1. The van der Waals surface area contributed by atoms with E-state index in [9.17, 15) is 9.59 Å². The van der Waals surface area contributed by atoms with Crippen LogP contribution >= 0.6 is 0 Å². The molecule has 142 valence electrons. The van der Waals surface area contributed by atoms with Crippen molar-refractivity contribution in [3.63, 3.8) is 0 Å². The van der Waals surface area contributed by atoms with E-state index in [-0.39, 0.29) is 30.3 Å². The van der Waals surface area contributed by atoms with Crippen molar-refractivity contribution in [1.29, 1.82) is 0 Å². The first-order valence-corrected chi connectivity index (χ1v) is 9.35. The molecule has 1 aliphatic heterocycles. The molecule has 0 spiro atoms. The highest BCUT2D eigenvalue weighted by molar-refractivity contribution is 5.92. The van der Waals surface area contributed by atoms with Crippen molar-refractivity contribution >= 4 is 23.2 Å². The van der Waals surface area contributed by atoms with Crippen molar-refractivity contribution in [3.8, 4) is 0 Å². The monoisotopic (exact) mass is 360 g/mol. The minimum Gasteiger partial charge on any atom is -0.378 e. The Kier molecular flexibility index (Phi) is 6.46. The van der Waals surface area contributed by atoms with Crippen LogP contribution in [0.5, 0.6) is 0 Å². The highest BCUT2D eigenvalue weighted by Gasteiger charge is 2.32. The number of anilines is 2. The third-order valence-corrected chi connectivity index (χ3v) is 5.15. The molecule has 2 amide bonds. The lowest BCUT2D eigenvalue weighted by Gasteiger charge is -2.28. The summed E-state index contributed by atoms with van der Waals surface area (Å²) in [6, 6.07) is 7.96. The maximum Gasteiger partial charge on any atom is 0.238 e. The summed E-state index contributed by atoms with van der Waals surface area (Å²) in [7, 11) is 1.66. The quantitative estimate of drug-likeness (QED) is 0.704. The molecule has 1 heterocycles. The van der Waals surface area contributed by atoms with Crippen LogP contribution in [0.1, 0.15) is 19.3 Å². The molecule has 0 unspecified atom stereocenters. The van der Waals surface area contributed by atoms with Gasteiger partial charge < -0.3 is 25.6 Å². The summed E-state index contributed by atoms with van der Waals surface area (Å²) in [6.45, 7) is 3.50. The number of hydrogen-bond donors (Lipinski definition) is 3. The summed E-state index contributed by atoms with van der Waals surface area (Å²) >= 11 is 0. The van der Waals surface area contributed by atoms with Crippen LogP contribution in [-0.4, -0.2) is 57.8 Å². The van der Waals surface area contributed by atoms with Crippen molar-refractivity contribution < 1.29 is 14.3 Å². The normalized spacial score (nSPS) is 22.9. The van der Waals surface area contributed by atoms with E-state index in [1.165, 1.54) is 0 Å². The third-order valence-electron chi connectivity index (χ3n) is 5.15. The molecule has 2 aliphatic rings. The van der Waals surface area contributed by atoms with E-state index in [1.54, 1.807) is 7.05 Å². The number of carbonyl (C=O) groups excluding carboxylic acids is 2. The second-order valence-corrected chi connectivity index (χ2v) is 6.83. The van der Waals surface area contributed by atoms with Gasteiger partial charge in [-0.05, 0) is 37.1 Å². The molecule has 26 heavy (non-hydrogen) atoms. The Labute approximate surface area is 154 Å². The number of nitrogens with one attached hydrogen (secondary N) is 3.